The zero-order valence-electron chi connectivity index (χ0n) is 39.4. The topological polar surface area (TPSA) is 55.8 Å². The fourth-order valence-corrected chi connectivity index (χ4v) is 12.8. The van der Waals surface area contributed by atoms with Crippen LogP contribution in [0.25, 0.3) is 40.7 Å². The first kappa shape index (κ1) is 48.5. The quantitative estimate of drug-likeness (QED) is 0.0340. The molecule has 0 radical (unpaired) electrons. The monoisotopic (exact) mass is 900 g/mol. The van der Waals surface area contributed by atoms with E-state index in [1.54, 1.807) is 22.7 Å². The average Bonchev–Trinajstić information content (AvgIpc) is 4.02. The van der Waals surface area contributed by atoms with Gasteiger partial charge in [0, 0.05) is 52.1 Å². The third kappa shape index (κ3) is 11.8. The maximum Gasteiger partial charge on any atom is 0.263 e. The first-order valence-electron chi connectivity index (χ1n) is 24.9. The fourth-order valence-electron chi connectivity index (χ4n) is 9.54. The second kappa shape index (κ2) is 24.4. The Labute approximate surface area is 386 Å². The molecule has 0 saturated carbocycles. The Hall–Kier alpha value is -2.94. The molecule has 0 saturated heterocycles. The molecule has 2 aromatic carbocycles. The highest BCUT2D eigenvalue weighted by atomic mass is 32.1. The number of rotatable bonds is 30. The van der Waals surface area contributed by atoms with Crippen molar-refractivity contribution in [2.45, 2.75) is 190 Å². The van der Waals surface area contributed by atoms with Crippen molar-refractivity contribution in [2.75, 3.05) is 19.8 Å². The minimum Gasteiger partial charge on any atom is -0.492 e. The van der Waals surface area contributed by atoms with Crippen LogP contribution in [0.3, 0.4) is 0 Å². The summed E-state index contributed by atoms with van der Waals surface area (Å²) in [6, 6.07) is 9.28. The molecule has 5 aromatic rings. The van der Waals surface area contributed by atoms with Gasteiger partial charge in [0.15, 0.2) is 0 Å². The van der Waals surface area contributed by atoms with Gasteiger partial charge >= 0.3 is 0 Å². The highest BCUT2D eigenvalue weighted by Gasteiger charge is 2.41. The minimum atomic E-state index is -0.127. The van der Waals surface area contributed by atoms with Crippen LogP contribution >= 0.6 is 34.0 Å². The first-order valence-corrected chi connectivity index (χ1v) is 27.4. The summed E-state index contributed by atoms with van der Waals surface area (Å²) in [5.41, 5.74) is 1.21. The number of fused-ring (bicyclic) bond motifs is 4. The molecule has 4 heterocycles. The standard InChI is InChI=1S/C54H77NO4S3/c1-8-13-18-21-22-25-30-55-53(56)48-38(7)61-52(49(48)54(55)57)47-34-44-46(62-47)33-42-41(51(44)59-36-40(27-17-12-5)29-24-20-15-10-3)32-45-43(31-37(6)60-45)50(42)58-35-39(26-16-11-4)28-23-19-14-9-2/h31-34,39-40H,8-30,35-36H2,1-7H3. The minimum absolute atomic E-state index is 0.119. The van der Waals surface area contributed by atoms with Crippen molar-refractivity contribution in [2.24, 2.45) is 11.8 Å². The largest absolute Gasteiger partial charge is 0.492 e. The van der Waals surface area contributed by atoms with Crippen LogP contribution in [0.4, 0.5) is 0 Å². The van der Waals surface area contributed by atoms with Gasteiger partial charge in [0.2, 0.25) is 0 Å². The van der Waals surface area contributed by atoms with Crippen LogP contribution < -0.4 is 9.47 Å². The molecule has 62 heavy (non-hydrogen) atoms. The Kier molecular flexibility index (Phi) is 19.1. The maximum atomic E-state index is 14.2. The zero-order valence-corrected chi connectivity index (χ0v) is 41.9. The lowest BCUT2D eigenvalue weighted by atomic mass is 9.95. The van der Waals surface area contributed by atoms with E-state index in [4.69, 9.17) is 9.47 Å². The number of thiophene rings is 3. The Balaban J connectivity index is 1.42. The zero-order chi connectivity index (χ0) is 44.0. The number of ether oxygens (including phenoxy) is 2. The number of hydrogen-bond donors (Lipinski definition) is 0. The van der Waals surface area contributed by atoms with Gasteiger partial charge in [-0.05, 0) is 82.1 Å². The number of nitrogens with zero attached hydrogens (tertiary/aromatic N) is 1. The molecular formula is C54H77NO4S3. The highest BCUT2D eigenvalue weighted by molar-refractivity contribution is 7.26. The molecule has 0 N–H and O–H groups in total. The molecule has 340 valence electrons. The number of imide groups is 1. The molecule has 0 spiro atoms. The SMILES string of the molecule is CCCCCCCCN1C(=O)c2c(C)sc(-c3cc4c(OCC(CCCC)CCCCCC)c5cc6sc(C)cc6c(OCC(CCCC)CCCCCC)c5cc4s3)c2C1=O. The molecule has 1 aliphatic heterocycles. The average molecular weight is 900 g/mol. The van der Waals surface area contributed by atoms with Crippen LogP contribution in [0, 0.1) is 25.7 Å². The normalized spacial score (nSPS) is 14.0. The van der Waals surface area contributed by atoms with Gasteiger partial charge in [-0.25, -0.2) is 0 Å². The van der Waals surface area contributed by atoms with Gasteiger partial charge in [0.05, 0.1) is 29.2 Å². The molecule has 0 fully saturated rings. The van der Waals surface area contributed by atoms with E-state index < -0.39 is 0 Å². The summed E-state index contributed by atoms with van der Waals surface area (Å²) in [6.07, 6.45) is 26.5. The van der Waals surface area contributed by atoms with E-state index in [0.29, 0.717) is 36.1 Å². The number of carbonyl (C=O) groups excluding carboxylic acids is 2. The van der Waals surface area contributed by atoms with Crippen LogP contribution in [0.2, 0.25) is 0 Å². The van der Waals surface area contributed by atoms with E-state index in [1.165, 1.54) is 142 Å². The number of hydrogen-bond acceptors (Lipinski definition) is 7. The van der Waals surface area contributed by atoms with E-state index in [9.17, 15) is 9.59 Å². The van der Waals surface area contributed by atoms with Crippen molar-refractivity contribution in [3.63, 3.8) is 0 Å². The summed E-state index contributed by atoms with van der Waals surface area (Å²) in [7, 11) is 0. The summed E-state index contributed by atoms with van der Waals surface area (Å²) >= 11 is 5.16. The van der Waals surface area contributed by atoms with Gasteiger partial charge in [-0.15, -0.1) is 34.0 Å². The van der Waals surface area contributed by atoms with Crippen molar-refractivity contribution in [3.8, 4) is 21.3 Å². The van der Waals surface area contributed by atoms with Crippen molar-refractivity contribution in [3.05, 3.63) is 45.1 Å². The Morgan fingerprint density at radius 2 is 0.968 bits per heavy atom. The van der Waals surface area contributed by atoms with Gasteiger partial charge < -0.3 is 9.47 Å². The van der Waals surface area contributed by atoms with E-state index >= 15 is 0 Å². The smallest absolute Gasteiger partial charge is 0.263 e. The van der Waals surface area contributed by atoms with Crippen LogP contribution in [-0.4, -0.2) is 36.5 Å². The molecule has 2 unspecified atom stereocenters. The van der Waals surface area contributed by atoms with Crippen LogP contribution in [0.1, 0.15) is 206 Å². The molecule has 8 heteroatoms. The van der Waals surface area contributed by atoms with E-state index in [1.807, 2.05) is 18.3 Å². The molecule has 0 bridgehead atoms. The summed E-state index contributed by atoms with van der Waals surface area (Å²) in [6.45, 7) is 17.5. The molecule has 2 atom stereocenters. The predicted octanol–water partition coefficient (Wildman–Crippen LogP) is 17.9. The van der Waals surface area contributed by atoms with Crippen molar-refractivity contribution >= 4 is 76.8 Å². The number of benzene rings is 2. The molecule has 2 amide bonds. The molecule has 5 nitrogen and oxygen atoms in total. The summed E-state index contributed by atoms with van der Waals surface area (Å²) in [4.78, 5) is 33.7. The van der Waals surface area contributed by atoms with Gasteiger partial charge in [-0.3, -0.25) is 14.5 Å². The Morgan fingerprint density at radius 3 is 1.53 bits per heavy atom. The first-order chi connectivity index (χ1) is 30.2. The van der Waals surface area contributed by atoms with Crippen LogP contribution in [0.5, 0.6) is 11.5 Å². The number of carbonyl (C=O) groups is 2. The molecule has 6 rings (SSSR count). The second-order valence-corrected chi connectivity index (χ2v) is 22.0. The van der Waals surface area contributed by atoms with E-state index in [0.717, 1.165) is 72.9 Å². The molecule has 1 aliphatic rings. The van der Waals surface area contributed by atoms with Crippen LogP contribution in [-0.2, 0) is 0 Å². The van der Waals surface area contributed by atoms with Crippen LogP contribution in [0.15, 0.2) is 24.3 Å². The fraction of sp³-hybridized carbons (Fsp3) is 0.630. The Bertz CT molecular complexity index is 2210. The lowest BCUT2D eigenvalue weighted by Gasteiger charge is -2.21. The summed E-state index contributed by atoms with van der Waals surface area (Å²) < 4.78 is 16.7. The van der Waals surface area contributed by atoms with Gasteiger partial charge in [0.1, 0.15) is 11.5 Å². The molecule has 3 aromatic heterocycles. The predicted molar refractivity (Wildman–Crippen MR) is 271 cm³/mol. The third-order valence-corrected chi connectivity index (χ3v) is 16.6. The van der Waals surface area contributed by atoms with Crippen molar-refractivity contribution in [1.29, 1.82) is 0 Å². The number of aryl methyl sites for hydroxylation is 2. The second-order valence-electron chi connectivity index (χ2n) is 18.4. The van der Waals surface area contributed by atoms with Crippen molar-refractivity contribution < 1.29 is 19.1 Å². The lowest BCUT2D eigenvalue weighted by molar-refractivity contribution is 0.0651. The van der Waals surface area contributed by atoms with Gasteiger partial charge in [-0.2, -0.15) is 0 Å². The summed E-state index contributed by atoms with van der Waals surface area (Å²) in [5, 5.41) is 4.51. The van der Waals surface area contributed by atoms with Crippen molar-refractivity contribution in [1.82, 2.24) is 4.90 Å². The highest BCUT2D eigenvalue weighted by Crippen LogP contribution is 2.51. The lowest BCUT2D eigenvalue weighted by Crippen LogP contribution is -2.31. The number of amides is 2. The maximum absolute atomic E-state index is 14.2. The third-order valence-electron chi connectivity index (χ3n) is 13.2. The van der Waals surface area contributed by atoms with E-state index in [2.05, 4.69) is 65.8 Å². The van der Waals surface area contributed by atoms with E-state index in [-0.39, 0.29) is 11.8 Å². The number of unbranched alkanes of at least 4 members (excludes halogenated alkanes) is 13. The van der Waals surface area contributed by atoms with Gasteiger partial charge in [-0.1, -0.05) is 144 Å². The summed E-state index contributed by atoms with van der Waals surface area (Å²) in [5.74, 6) is 2.70. The Morgan fingerprint density at radius 1 is 0.500 bits per heavy atom. The molecular weight excluding hydrogens is 823 g/mol. The van der Waals surface area contributed by atoms with Gasteiger partial charge in [0.25, 0.3) is 11.8 Å². The molecule has 0 aliphatic carbocycles.